The van der Waals surface area contributed by atoms with Gasteiger partial charge >= 0.3 is 5.97 Å². The van der Waals surface area contributed by atoms with Gasteiger partial charge in [0.25, 0.3) is 5.91 Å². The zero-order valence-corrected chi connectivity index (χ0v) is 11.3. The molecule has 1 N–H and O–H groups in total. The van der Waals surface area contributed by atoms with Crippen molar-refractivity contribution in [2.45, 2.75) is 0 Å². The monoisotopic (exact) mass is 289 g/mol. The van der Waals surface area contributed by atoms with Crippen LogP contribution in [-0.4, -0.2) is 18.6 Å². The Kier molecular flexibility index (Phi) is 4.74. The van der Waals surface area contributed by atoms with Gasteiger partial charge in [-0.25, -0.2) is 4.79 Å². The van der Waals surface area contributed by atoms with Crippen molar-refractivity contribution >= 4 is 23.5 Å². The van der Waals surface area contributed by atoms with Crippen molar-refractivity contribution in [3.8, 4) is 0 Å². The summed E-state index contributed by atoms with van der Waals surface area (Å²) in [7, 11) is 0. The van der Waals surface area contributed by atoms with E-state index in [1.165, 1.54) is 0 Å². The lowest BCUT2D eigenvalue weighted by atomic mass is 10.2. The molecule has 0 aliphatic heterocycles. The number of ether oxygens (including phenoxy) is 1. The number of esters is 1. The van der Waals surface area contributed by atoms with E-state index in [4.69, 9.17) is 16.3 Å². The molecule has 0 saturated carbocycles. The maximum atomic E-state index is 11.7. The molecule has 0 aliphatic carbocycles. The Morgan fingerprint density at radius 1 is 0.950 bits per heavy atom. The van der Waals surface area contributed by atoms with Gasteiger partial charge in [-0.05, 0) is 36.4 Å². The maximum absolute atomic E-state index is 11.7. The largest absolute Gasteiger partial charge is 0.441 e. The van der Waals surface area contributed by atoms with Crippen LogP contribution in [0.2, 0.25) is 5.02 Å². The van der Waals surface area contributed by atoms with E-state index in [0.717, 1.165) is 0 Å². The van der Waals surface area contributed by atoms with Gasteiger partial charge in [-0.1, -0.05) is 29.8 Å². The summed E-state index contributed by atoms with van der Waals surface area (Å²) in [5.41, 5.74) is 0.887. The van der Waals surface area contributed by atoms with Gasteiger partial charge in [0, 0.05) is 10.6 Å². The van der Waals surface area contributed by atoms with Crippen LogP contribution in [0.5, 0.6) is 0 Å². The van der Waals surface area contributed by atoms with Crippen LogP contribution in [0.1, 0.15) is 20.7 Å². The van der Waals surface area contributed by atoms with Crippen LogP contribution >= 0.6 is 11.6 Å². The maximum Gasteiger partial charge on any atom is 0.339 e. The predicted octanol–water partition coefficient (Wildman–Crippen LogP) is 2.88. The summed E-state index contributed by atoms with van der Waals surface area (Å²) in [5, 5.41) is 3.05. The fraction of sp³-hybridized carbons (Fsp3) is 0.0667. The highest BCUT2D eigenvalue weighted by Crippen LogP contribution is 2.09. The van der Waals surface area contributed by atoms with Crippen LogP contribution in [0.3, 0.4) is 0 Å². The first-order valence-electron chi connectivity index (χ1n) is 5.93. The number of benzene rings is 2. The summed E-state index contributed by atoms with van der Waals surface area (Å²) in [6, 6.07) is 15.0. The van der Waals surface area contributed by atoms with E-state index in [1.807, 2.05) is 0 Å². The van der Waals surface area contributed by atoms with Gasteiger partial charge < -0.3 is 10.1 Å². The van der Waals surface area contributed by atoms with E-state index in [2.05, 4.69) is 5.32 Å². The molecule has 2 aromatic rings. The molecule has 5 heteroatoms. The number of hydrogen-bond donors (Lipinski definition) is 1. The van der Waals surface area contributed by atoms with E-state index < -0.39 is 5.97 Å². The molecular formula is C15H12ClNO3. The van der Waals surface area contributed by atoms with Gasteiger partial charge in [0.05, 0.1) is 5.56 Å². The van der Waals surface area contributed by atoms with E-state index in [-0.39, 0.29) is 12.6 Å². The molecule has 2 rings (SSSR count). The average molecular weight is 290 g/mol. The zero-order chi connectivity index (χ0) is 14.4. The molecule has 1 amide bonds. The molecule has 2 aromatic carbocycles. The Morgan fingerprint density at radius 3 is 2.25 bits per heavy atom. The number of halogens is 1. The van der Waals surface area contributed by atoms with Crippen molar-refractivity contribution in [2.24, 2.45) is 0 Å². The molecule has 0 aliphatic rings. The minimum Gasteiger partial charge on any atom is -0.441 e. The average Bonchev–Trinajstić information content (AvgIpc) is 2.48. The van der Waals surface area contributed by atoms with Crippen molar-refractivity contribution in [3.63, 3.8) is 0 Å². The van der Waals surface area contributed by atoms with Crippen molar-refractivity contribution in [1.29, 1.82) is 0 Å². The van der Waals surface area contributed by atoms with Crippen molar-refractivity contribution in [3.05, 3.63) is 70.7 Å². The fourth-order valence-corrected chi connectivity index (χ4v) is 1.65. The topological polar surface area (TPSA) is 55.4 Å². The SMILES string of the molecule is O=C(NCOC(=O)c1ccccc1)c1ccc(Cl)cc1. The standard InChI is InChI=1S/C15H12ClNO3/c16-13-8-6-11(7-9-13)14(18)17-10-20-15(19)12-4-2-1-3-5-12/h1-9H,10H2,(H,17,18). The van der Waals surface area contributed by atoms with Gasteiger partial charge in [-0.2, -0.15) is 0 Å². The third kappa shape index (κ3) is 3.83. The van der Waals surface area contributed by atoms with Gasteiger partial charge in [0.1, 0.15) is 0 Å². The van der Waals surface area contributed by atoms with Gasteiger partial charge in [0.2, 0.25) is 0 Å². The normalized spacial score (nSPS) is 9.85. The fourth-order valence-electron chi connectivity index (χ4n) is 1.53. The number of amides is 1. The third-order valence-electron chi connectivity index (χ3n) is 2.55. The lowest BCUT2D eigenvalue weighted by Gasteiger charge is -2.07. The van der Waals surface area contributed by atoms with E-state index >= 15 is 0 Å². The summed E-state index contributed by atoms with van der Waals surface area (Å²) in [6.07, 6.45) is 0. The summed E-state index contributed by atoms with van der Waals surface area (Å²) in [4.78, 5) is 23.3. The minimum absolute atomic E-state index is 0.185. The van der Waals surface area contributed by atoms with Crippen LogP contribution in [0, 0.1) is 0 Å². The Labute approximate surface area is 121 Å². The highest BCUT2D eigenvalue weighted by molar-refractivity contribution is 6.30. The minimum atomic E-state index is -0.484. The number of rotatable bonds is 4. The van der Waals surface area contributed by atoms with Crippen molar-refractivity contribution in [2.75, 3.05) is 6.73 Å². The van der Waals surface area contributed by atoms with E-state index in [9.17, 15) is 9.59 Å². The summed E-state index contributed by atoms with van der Waals surface area (Å²) >= 11 is 5.73. The van der Waals surface area contributed by atoms with Crippen molar-refractivity contribution in [1.82, 2.24) is 5.32 Å². The molecule has 0 radical (unpaired) electrons. The van der Waals surface area contributed by atoms with Crippen LogP contribution in [0.4, 0.5) is 0 Å². The predicted molar refractivity (Wildman–Crippen MR) is 75.6 cm³/mol. The first-order chi connectivity index (χ1) is 9.66. The van der Waals surface area contributed by atoms with E-state index in [1.54, 1.807) is 54.6 Å². The molecule has 102 valence electrons. The Hall–Kier alpha value is -2.33. The molecule has 0 fully saturated rings. The molecule has 0 heterocycles. The van der Waals surface area contributed by atoms with Crippen LogP contribution in [-0.2, 0) is 4.74 Å². The first-order valence-corrected chi connectivity index (χ1v) is 6.30. The highest BCUT2D eigenvalue weighted by atomic mass is 35.5. The lowest BCUT2D eigenvalue weighted by Crippen LogP contribution is -2.27. The van der Waals surface area contributed by atoms with Gasteiger partial charge in [0.15, 0.2) is 6.73 Å². The zero-order valence-electron chi connectivity index (χ0n) is 10.5. The number of hydrogen-bond acceptors (Lipinski definition) is 3. The Bertz CT molecular complexity index is 596. The van der Waals surface area contributed by atoms with Gasteiger partial charge in [-0.15, -0.1) is 0 Å². The first kappa shape index (κ1) is 14.1. The number of nitrogens with one attached hydrogen (secondary N) is 1. The van der Waals surface area contributed by atoms with Crippen molar-refractivity contribution < 1.29 is 14.3 Å². The molecule has 0 aromatic heterocycles. The molecule has 0 spiro atoms. The summed E-state index contributed by atoms with van der Waals surface area (Å²) in [6.45, 7) is -0.185. The van der Waals surface area contributed by atoms with Crippen LogP contribution < -0.4 is 5.32 Å². The molecular weight excluding hydrogens is 278 g/mol. The molecule has 20 heavy (non-hydrogen) atoms. The second-order valence-corrected chi connectivity index (χ2v) is 4.39. The summed E-state index contributed by atoms with van der Waals surface area (Å²) < 4.78 is 4.95. The van der Waals surface area contributed by atoms with Crippen LogP contribution in [0.15, 0.2) is 54.6 Å². The highest BCUT2D eigenvalue weighted by Gasteiger charge is 2.08. The van der Waals surface area contributed by atoms with Gasteiger partial charge in [-0.3, -0.25) is 4.79 Å². The smallest absolute Gasteiger partial charge is 0.339 e. The Morgan fingerprint density at radius 2 is 1.60 bits per heavy atom. The second-order valence-electron chi connectivity index (χ2n) is 3.95. The molecule has 0 unspecified atom stereocenters. The number of carbonyl (C=O) groups is 2. The molecule has 0 bridgehead atoms. The molecule has 4 nitrogen and oxygen atoms in total. The quantitative estimate of drug-likeness (QED) is 0.695. The molecule has 0 saturated heterocycles. The third-order valence-corrected chi connectivity index (χ3v) is 2.80. The number of carbonyl (C=O) groups excluding carboxylic acids is 2. The second kappa shape index (κ2) is 6.73. The summed E-state index contributed by atoms with van der Waals surface area (Å²) in [5.74, 6) is -0.815. The van der Waals surface area contributed by atoms with Crippen LogP contribution in [0.25, 0.3) is 0 Å². The lowest BCUT2D eigenvalue weighted by molar-refractivity contribution is 0.0464. The Balaban J connectivity index is 1.83. The molecule has 0 atom stereocenters. The van der Waals surface area contributed by atoms with E-state index in [0.29, 0.717) is 16.1 Å².